The van der Waals surface area contributed by atoms with Crippen molar-refractivity contribution in [2.45, 2.75) is 51.7 Å². The maximum absolute atomic E-state index is 13.8. The number of benzene rings is 3. The second kappa shape index (κ2) is 10.9. The minimum absolute atomic E-state index is 0.195. The third kappa shape index (κ3) is 5.46. The average molecular weight is 540 g/mol. The van der Waals surface area contributed by atoms with E-state index in [1.165, 1.54) is 0 Å². The van der Waals surface area contributed by atoms with Gasteiger partial charge in [-0.05, 0) is 75.1 Å². The third-order valence-corrected chi connectivity index (χ3v) is 6.97. The number of oxazole rings is 1. The largest absolute Gasteiger partial charge is 0.436 e. The number of carbonyl (C=O) groups is 3. The summed E-state index contributed by atoms with van der Waals surface area (Å²) in [5.41, 5.74) is 9.85. The van der Waals surface area contributed by atoms with Gasteiger partial charge < -0.3 is 25.7 Å². The highest BCUT2D eigenvalue weighted by molar-refractivity contribution is 6.02. The van der Waals surface area contributed by atoms with E-state index in [9.17, 15) is 14.4 Å². The lowest BCUT2D eigenvalue weighted by atomic mass is 10.0. The monoisotopic (exact) mass is 539 g/mol. The molecule has 1 aliphatic rings. The minimum atomic E-state index is -1.10. The maximum Gasteiger partial charge on any atom is 0.252 e. The van der Waals surface area contributed by atoms with Crippen molar-refractivity contribution >= 4 is 34.5 Å². The van der Waals surface area contributed by atoms with Gasteiger partial charge >= 0.3 is 0 Å². The first kappa shape index (κ1) is 27.1. The van der Waals surface area contributed by atoms with E-state index in [1.807, 2.05) is 55.5 Å². The number of para-hydroxylation sites is 1. The van der Waals surface area contributed by atoms with Crippen LogP contribution in [0.5, 0.6) is 0 Å². The first-order valence-electron chi connectivity index (χ1n) is 13.4. The number of anilines is 1. The van der Waals surface area contributed by atoms with Crippen LogP contribution in [-0.4, -0.2) is 40.8 Å². The van der Waals surface area contributed by atoms with Gasteiger partial charge in [0.05, 0.1) is 17.6 Å². The molecule has 0 saturated heterocycles. The molecule has 0 radical (unpaired) electrons. The van der Waals surface area contributed by atoms with Crippen molar-refractivity contribution < 1.29 is 18.8 Å². The van der Waals surface area contributed by atoms with Crippen molar-refractivity contribution in [3.8, 4) is 11.5 Å². The van der Waals surface area contributed by atoms with Crippen molar-refractivity contribution in [3.05, 3.63) is 83.4 Å². The normalized spacial score (nSPS) is 15.4. The number of aryl methyl sites for hydroxylation is 1. The van der Waals surface area contributed by atoms with Gasteiger partial charge in [0, 0.05) is 17.8 Å². The number of amides is 3. The summed E-state index contributed by atoms with van der Waals surface area (Å²) >= 11 is 0. The lowest BCUT2D eigenvalue weighted by Gasteiger charge is -2.28. The molecule has 1 aliphatic heterocycles. The highest BCUT2D eigenvalue weighted by Gasteiger charge is 2.34. The lowest BCUT2D eigenvalue weighted by molar-refractivity contribution is -0.130. The minimum Gasteiger partial charge on any atom is -0.436 e. The third-order valence-electron chi connectivity index (χ3n) is 6.97. The molecule has 4 aromatic rings. The molecule has 206 valence electrons. The van der Waals surface area contributed by atoms with Crippen LogP contribution in [0.1, 0.15) is 48.7 Å². The quantitative estimate of drug-likeness (QED) is 0.326. The van der Waals surface area contributed by atoms with Crippen LogP contribution in [-0.2, 0) is 22.6 Å². The summed E-state index contributed by atoms with van der Waals surface area (Å²) in [6.45, 7) is 5.89. The van der Waals surface area contributed by atoms with Gasteiger partial charge in [-0.3, -0.25) is 14.4 Å². The molecule has 3 aromatic carbocycles. The zero-order valence-electron chi connectivity index (χ0n) is 22.9. The van der Waals surface area contributed by atoms with Gasteiger partial charge in [-0.1, -0.05) is 36.4 Å². The van der Waals surface area contributed by atoms with E-state index in [0.29, 0.717) is 47.5 Å². The number of carbonyl (C=O) groups excluding carboxylic acids is 3. The van der Waals surface area contributed by atoms with Gasteiger partial charge in [-0.25, -0.2) is 4.98 Å². The molecule has 9 heteroatoms. The van der Waals surface area contributed by atoms with E-state index in [0.717, 1.165) is 16.8 Å². The first-order chi connectivity index (χ1) is 19.2. The average Bonchev–Trinajstić information content (AvgIpc) is 3.31. The molecule has 0 bridgehead atoms. The Kier molecular flexibility index (Phi) is 7.40. The Hall–Kier alpha value is -4.50. The summed E-state index contributed by atoms with van der Waals surface area (Å²) in [7, 11) is 0. The van der Waals surface area contributed by atoms with Gasteiger partial charge in [-0.2, -0.15) is 0 Å². The highest BCUT2D eigenvalue weighted by atomic mass is 16.3. The number of nitrogens with two attached hydrogens (primary N) is 1. The molecule has 0 saturated carbocycles. The van der Waals surface area contributed by atoms with Crippen molar-refractivity contribution in [1.82, 2.24) is 15.6 Å². The van der Waals surface area contributed by atoms with Crippen LogP contribution in [0, 0.1) is 0 Å². The molecule has 4 N–H and O–H groups in total. The molecule has 1 unspecified atom stereocenters. The van der Waals surface area contributed by atoms with E-state index in [4.69, 9.17) is 10.2 Å². The van der Waals surface area contributed by atoms with E-state index in [2.05, 4.69) is 15.6 Å². The van der Waals surface area contributed by atoms with Crippen molar-refractivity contribution in [2.75, 3.05) is 11.4 Å². The second-order valence-corrected chi connectivity index (χ2v) is 10.6. The fraction of sp³-hybridized carbons (Fsp3) is 0.290. The van der Waals surface area contributed by atoms with Gasteiger partial charge in [-0.15, -0.1) is 0 Å². The molecule has 5 rings (SSSR count). The number of aromatic nitrogens is 1. The molecule has 1 atom stereocenters. The number of fused-ring (bicyclic) bond motifs is 2. The van der Waals surface area contributed by atoms with Crippen molar-refractivity contribution in [1.29, 1.82) is 0 Å². The van der Waals surface area contributed by atoms with Crippen molar-refractivity contribution in [3.63, 3.8) is 0 Å². The SMILES string of the molecule is CCNC(=O)c1ccccc1-c1nc2cc(CN3C(=O)C(NC(=O)C(C)(C)N)CCc4ccccc43)ccc2o1. The highest BCUT2D eigenvalue weighted by Crippen LogP contribution is 2.31. The van der Waals surface area contributed by atoms with Crippen LogP contribution >= 0.6 is 0 Å². The zero-order chi connectivity index (χ0) is 28.4. The molecule has 40 heavy (non-hydrogen) atoms. The molecule has 2 heterocycles. The summed E-state index contributed by atoms with van der Waals surface area (Å²) < 4.78 is 6.03. The molecule has 9 nitrogen and oxygen atoms in total. The Morgan fingerprint density at radius 2 is 1.85 bits per heavy atom. The fourth-order valence-electron chi connectivity index (χ4n) is 4.85. The maximum atomic E-state index is 13.8. The van der Waals surface area contributed by atoms with Gasteiger partial charge in [0.25, 0.3) is 5.91 Å². The van der Waals surface area contributed by atoms with Gasteiger partial charge in [0.15, 0.2) is 5.58 Å². The predicted molar refractivity (Wildman–Crippen MR) is 154 cm³/mol. The summed E-state index contributed by atoms with van der Waals surface area (Å²) in [5, 5.41) is 5.68. The van der Waals surface area contributed by atoms with Crippen LogP contribution in [0.3, 0.4) is 0 Å². The fourth-order valence-corrected chi connectivity index (χ4v) is 4.85. The predicted octanol–water partition coefficient (Wildman–Crippen LogP) is 3.95. The number of hydrogen-bond donors (Lipinski definition) is 3. The van der Waals surface area contributed by atoms with Crippen LogP contribution in [0.2, 0.25) is 0 Å². The summed E-state index contributed by atoms with van der Waals surface area (Å²) in [6.07, 6.45) is 1.12. The number of nitrogens with zero attached hydrogens (tertiary/aromatic N) is 2. The Bertz CT molecular complexity index is 1590. The second-order valence-electron chi connectivity index (χ2n) is 10.6. The van der Waals surface area contributed by atoms with Crippen LogP contribution in [0.4, 0.5) is 5.69 Å². The van der Waals surface area contributed by atoms with Crippen LogP contribution in [0.25, 0.3) is 22.6 Å². The molecule has 3 amide bonds. The molecule has 1 aromatic heterocycles. The van der Waals surface area contributed by atoms with Crippen molar-refractivity contribution in [2.24, 2.45) is 5.73 Å². The van der Waals surface area contributed by atoms with E-state index >= 15 is 0 Å². The van der Waals surface area contributed by atoms with Gasteiger partial charge in [0.1, 0.15) is 11.6 Å². The molecule has 0 aliphatic carbocycles. The van der Waals surface area contributed by atoms with Crippen LogP contribution < -0.4 is 21.3 Å². The number of nitrogens with one attached hydrogen (secondary N) is 2. The van der Waals surface area contributed by atoms with Gasteiger partial charge in [0.2, 0.25) is 17.7 Å². The molecule has 0 fully saturated rings. The van der Waals surface area contributed by atoms with Crippen LogP contribution in [0.15, 0.2) is 71.1 Å². The Morgan fingerprint density at radius 1 is 1.10 bits per heavy atom. The first-order valence-corrected chi connectivity index (χ1v) is 13.4. The Balaban J connectivity index is 1.47. The number of hydrogen-bond acceptors (Lipinski definition) is 6. The topological polar surface area (TPSA) is 131 Å². The Morgan fingerprint density at radius 3 is 2.62 bits per heavy atom. The molecular weight excluding hydrogens is 506 g/mol. The summed E-state index contributed by atoms with van der Waals surface area (Å²) in [4.78, 5) is 45.4. The lowest BCUT2D eigenvalue weighted by Crippen LogP contribution is -2.56. The summed E-state index contributed by atoms with van der Waals surface area (Å²) in [5.74, 6) is -0.419. The van der Waals surface area contributed by atoms with E-state index in [-0.39, 0.29) is 24.3 Å². The standard InChI is InChI=1S/C31H33N5O4/c1-4-33-27(37)21-10-6-7-11-22(21)28-34-24-17-19(13-16-26(24)40-28)18-36-25-12-8-5-9-20(25)14-15-23(29(36)38)35-30(39)31(2,3)32/h5-13,16-17,23H,4,14-15,18,32H2,1-3H3,(H,33,37)(H,35,39). The number of rotatable bonds is 7. The smallest absolute Gasteiger partial charge is 0.252 e. The molecule has 0 spiro atoms. The zero-order valence-corrected chi connectivity index (χ0v) is 22.9. The summed E-state index contributed by atoms with van der Waals surface area (Å²) in [6, 6.07) is 19.9. The molecular formula is C31H33N5O4. The Labute approximate surface area is 232 Å². The van der Waals surface area contributed by atoms with E-state index in [1.54, 1.807) is 36.9 Å². The van der Waals surface area contributed by atoms with E-state index < -0.39 is 11.6 Å².